The van der Waals surface area contributed by atoms with Gasteiger partial charge >= 0.3 is 6.18 Å². The lowest BCUT2D eigenvalue weighted by molar-refractivity contribution is -0.174. The van der Waals surface area contributed by atoms with E-state index in [1.54, 1.807) is 12.1 Å². The van der Waals surface area contributed by atoms with Crippen molar-refractivity contribution in [2.45, 2.75) is 25.1 Å². The largest absolute Gasteiger partial charge is 0.392 e. The number of benzene rings is 1. The molecule has 0 spiro atoms. The molecule has 0 amide bonds. The Morgan fingerprint density at radius 3 is 2.40 bits per heavy atom. The highest BCUT2D eigenvalue weighted by Crippen LogP contribution is 2.34. The van der Waals surface area contributed by atoms with E-state index in [1.165, 1.54) is 12.1 Å². The summed E-state index contributed by atoms with van der Waals surface area (Å²) >= 11 is 3.14. The first-order valence-electron chi connectivity index (χ1n) is 4.26. The predicted octanol–water partition coefficient (Wildman–Crippen LogP) is 3.61. The molecule has 0 bridgehead atoms. The number of aliphatic hydroxyl groups is 1. The van der Waals surface area contributed by atoms with Gasteiger partial charge in [-0.1, -0.05) is 28.1 Å². The fourth-order valence-corrected chi connectivity index (χ4v) is 1.72. The maximum Gasteiger partial charge on any atom is 0.392 e. The summed E-state index contributed by atoms with van der Waals surface area (Å²) < 4.78 is 37.1. The molecule has 0 heterocycles. The van der Waals surface area contributed by atoms with Crippen molar-refractivity contribution in [2.24, 2.45) is 0 Å². The molecular formula is C10H10BrF3O. The normalized spacial score (nSPS) is 16.1. The summed E-state index contributed by atoms with van der Waals surface area (Å²) in [5.74, 6) is 0. The van der Waals surface area contributed by atoms with Gasteiger partial charge in [-0.2, -0.15) is 13.2 Å². The van der Waals surface area contributed by atoms with Crippen LogP contribution in [0.2, 0.25) is 0 Å². The zero-order chi connectivity index (χ0) is 11.7. The molecule has 0 aliphatic heterocycles. The van der Waals surface area contributed by atoms with E-state index >= 15 is 0 Å². The van der Waals surface area contributed by atoms with Gasteiger partial charge < -0.3 is 5.11 Å². The Labute approximate surface area is 94.0 Å². The number of hydrogen-bond donors (Lipinski definition) is 1. The van der Waals surface area contributed by atoms with Crippen LogP contribution in [0.25, 0.3) is 0 Å². The Hall–Kier alpha value is -0.550. The van der Waals surface area contributed by atoms with Gasteiger partial charge in [-0.25, -0.2) is 0 Å². The van der Waals surface area contributed by atoms with E-state index < -0.39 is 18.2 Å². The first-order valence-corrected chi connectivity index (χ1v) is 5.05. The molecule has 1 unspecified atom stereocenters. The second-order valence-electron chi connectivity index (χ2n) is 3.58. The Morgan fingerprint density at radius 2 is 1.93 bits per heavy atom. The number of rotatable bonds is 2. The van der Waals surface area contributed by atoms with Crippen LogP contribution in [0, 0.1) is 0 Å². The van der Waals surface area contributed by atoms with E-state index in [0.29, 0.717) is 4.47 Å². The van der Waals surface area contributed by atoms with Crippen LogP contribution in [-0.2, 0) is 5.60 Å². The molecule has 0 aromatic heterocycles. The average Bonchev–Trinajstić information content (AvgIpc) is 1.99. The maximum atomic E-state index is 12.2. The molecule has 0 aliphatic rings. The van der Waals surface area contributed by atoms with Crippen LogP contribution in [0.3, 0.4) is 0 Å². The molecule has 1 nitrogen and oxygen atoms in total. The molecule has 0 saturated heterocycles. The summed E-state index contributed by atoms with van der Waals surface area (Å²) in [7, 11) is 0. The topological polar surface area (TPSA) is 20.2 Å². The smallest absolute Gasteiger partial charge is 0.385 e. The van der Waals surface area contributed by atoms with Crippen LogP contribution < -0.4 is 0 Å². The molecule has 1 atom stereocenters. The second kappa shape index (κ2) is 4.14. The van der Waals surface area contributed by atoms with Crippen molar-refractivity contribution in [2.75, 3.05) is 0 Å². The van der Waals surface area contributed by atoms with Crippen LogP contribution >= 0.6 is 15.9 Å². The van der Waals surface area contributed by atoms with Crippen molar-refractivity contribution >= 4 is 15.9 Å². The standard InChI is InChI=1S/C10H10BrF3O/c1-9(15,6-10(12,13)14)7-3-2-4-8(11)5-7/h2-5,15H,6H2,1H3. The van der Waals surface area contributed by atoms with Crippen LogP contribution in [0.15, 0.2) is 28.7 Å². The highest BCUT2D eigenvalue weighted by Gasteiger charge is 2.39. The van der Waals surface area contributed by atoms with Gasteiger partial charge in [-0.15, -0.1) is 0 Å². The maximum absolute atomic E-state index is 12.2. The van der Waals surface area contributed by atoms with Gasteiger partial charge in [0.05, 0.1) is 12.0 Å². The minimum Gasteiger partial charge on any atom is -0.385 e. The van der Waals surface area contributed by atoms with E-state index in [2.05, 4.69) is 15.9 Å². The van der Waals surface area contributed by atoms with Crippen LogP contribution in [0.5, 0.6) is 0 Å². The minimum absolute atomic E-state index is 0.245. The quantitative estimate of drug-likeness (QED) is 0.879. The molecular weight excluding hydrogens is 273 g/mol. The molecule has 84 valence electrons. The Bertz CT molecular complexity index is 347. The molecule has 5 heteroatoms. The SMILES string of the molecule is CC(O)(CC(F)(F)F)c1cccc(Br)c1. The fourth-order valence-electron chi connectivity index (χ4n) is 1.32. The molecule has 15 heavy (non-hydrogen) atoms. The molecule has 1 N–H and O–H groups in total. The average molecular weight is 283 g/mol. The lowest BCUT2D eigenvalue weighted by Gasteiger charge is -2.25. The van der Waals surface area contributed by atoms with Crippen LogP contribution in [0.4, 0.5) is 13.2 Å². The fraction of sp³-hybridized carbons (Fsp3) is 0.400. The summed E-state index contributed by atoms with van der Waals surface area (Å²) in [6.45, 7) is 1.16. The van der Waals surface area contributed by atoms with Crippen LogP contribution in [-0.4, -0.2) is 11.3 Å². The van der Waals surface area contributed by atoms with Crippen molar-refractivity contribution in [3.8, 4) is 0 Å². The van der Waals surface area contributed by atoms with Gasteiger partial charge in [0.2, 0.25) is 0 Å². The number of hydrogen-bond acceptors (Lipinski definition) is 1. The summed E-state index contributed by atoms with van der Waals surface area (Å²) in [5, 5.41) is 9.71. The van der Waals surface area contributed by atoms with E-state index in [1.807, 2.05) is 0 Å². The van der Waals surface area contributed by atoms with Crippen molar-refractivity contribution in [3.05, 3.63) is 34.3 Å². The van der Waals surface area contributed by atoms with Gasteiger partial charge in [0.25, 0.3) is 0 Å². The lowest BCUT2D eigenvalue weighted by atomic mass is 9.92. The van der Waals surface area contributed by atoms with E-state index in [4.69, 9.17) is 0 Å². The third kappa shape index (κ3) is 3.83. The van der Waals surface area contributed by atoms with Gasteiger partial charge in [0, 0.05) is 4.47 Å². The molecule has 0 radical (unpaired) electrons. The van der Waals surface area contributed by atoms with Gasteiger partial charge in [0.1, 0.15) is 0 Å². The number of alkyl halides is 3. The summed E-state index contributed by atoms with van der Waals surface area (Å²) in [6, 6.07) is 6.22. The molecule has 1 aromatic rings. The Kier molecular flexibility index (Phi) is 3.45. The van der Waals surface area contributed by atoms with Crippen molar-refractivity contribution in [3.63, 3.8) is 0 Å². The van der Waals surface area contributed by atoms with Crippen molar-refractivity contribution in [1.82, 2.24) is 0 Å². The monoisotopic (exact) mass is 282 g/mol. The van der Waals surface area contributed by atoms with Gasteiger partial charge in [-0.3, -0.25) is 0 Å². The zero-order valence-corrected chi connectivity index (χ0v) is 9.56. The number of halogens is 4. The highest BCUT2D eigenvalue weighted by atomic mass is 79.9. The van der Waals surface area contributed by atoms with Gasteiger partial charge in [0.15, 0.2) is 0 Å². The minimum atomic E-state index is -4.38. The molecule has 1 rings (SSSR count). The second-order valence-corrected chi connectivity index (χ2v) is 4.49. The summed E-state index contributed by atoms with van der Waals surface area (Å²) in [4.78, 5) is 0. The Morgan fingerprint density at radius 1 is 1.33 bits per heavy atom. The zero-order valence-electron chi connectivity index (χ0n) is 7.98. The first-order chi connectivity index (χ1) is 6.71. The predicted molar refractivity (Wildman–Crippen MR) is 54.4 cm³/mol. The summed E-state index contributed by atoms with van der Waals surface area (Å²) in [6.07, 6.45) is -5.64. The van der Waals surface area contributed by atoms with Crippen LogP contribution in [0.1, 0.15) is 18.9 Å². The van der Waals surface area contributed by atoms with E-state index in [9.17, 15) is 18.3 Å². The molecule has 0 saturated carbocycles. The third-order valence-electron chi connectivity index (χ3n) is 1.99. The highest BCUT2D eigenvalue weighted by molar-refractivity contribution is 9.10. The van der Waals surface area contributed by atoms with Crippen molar-refractivity contribution < 1.29 is 18.3 Å². The third-order valence-corrected chi connectivity index (χ3v) is 2.48. The Balaban J connectivity index is 2.95. The van der Waals surface area contributed by atoms with E-state index in [-0.39, 0.29) is 5.56 Å². The van der Waals surface area contributed by atoms with Crippen molar-refractivity contribution in [1.29, 1.82) is 0 Å². The molecule has 0 fully saturated rings. The molecule has 1 aromatic carbocycles. The lowest BCUT2D eigenvalue weighted by Crippen LogP contribution is -2.28. The summed E-state index contributed by atoms with van der Waals surface area (Å²) in [5.41, 5.74) is -1.64. The van der Waals surface area contributed by atoms with E-state index in [0.717, 1.165) is 6.92 Å². The van der Waals surface area contributed by atoms with Gasteiger partial charge in [-0.05, 0) is 24.6 Å². The molecule has 0 aliphatic carbocycles. The first kappa shape index (κ1) is 12.5.